The summed E-state index contributed by atoms with van der Waals surface area (Å²) in [5, 5.41) is 8.72. The predicted molar refractivity (Wildman–Crippen MR) is 109 cm³/mol. The van der Waals surface area contributed by atoms with E-state index in [1.54, 1.807) is 11.8 Å². The summed E-state index contributed by atoms with van der Waals surface area (Å²) in [6.45, 7) is 0.106. The minimum absolute atomic E-state index is 0.106. The molecule has 0 amide bonds. The van der Waals surface area contributed by atoms with E-state index in [0.717, 1.165) is 11.3 Å². The molecule has 148 valence electrons. The van der Waals surface area contributed by atoms with Gasteiger partial charge < -0.3 is 9.26 Å². The van der Waals surface area contributed by atoms with E-state index in [4.69, 9.17) is 9.26 Å². The van der Waals surface area contributed by atoms with Crippen molar-refractivity contribution in [2.75, 3.05) is 7.11 Å². The largest absolute Gasteiger partial charge is 0.497 e. The second kappa shape index (κ2) is 7.28. The van der Waals surface area contributed by atoms with E-state index in [2.05, 4.69) is 20.2 Å². The lowest BCUT2D eigenvalue weighted by molar-refractivity contribution is 0.369. The molecular formula is C21H16N6O3. The number of methoxy groups -OCH3 is 1. The quantitative estimate of drug-likeness (QED) is 0.447. The third-order valence-electron chi connectivity index (χ3n) is 4.66. The van der Waals surface area contributed by atoms with Crippen LogP contribution in [0, 0.1) is 0 Å². The highest BCUT2D eigenvalue weighted by Gasteiger charge is 2.14. The Bertz CT molecular complexity index is 1390. The number of benzene rings is 2. The van der Waals surface area contributed by atoms with Crippen molar-refractivity contribution in [3.63, 3.8) is 0 Å². The highest BCUT2D eigenvalue weighted by atomic mass is 16.5. The van der Waals surface area contributed by atoms with E-state index in [0.29, 0.717) is 28.5 Å². The Balaban J connectivity index is 1.46. The van der Waals surface area contributed by atoms with Crippen LogP contribution in [-0.2, 0) is 6.54 Å². The van der Waals surface area contributed by atoms with E-state index in [9.17, 15) is 4.79 Å². The van der Waals surface area contributed by atoms with Gasteiger partial charge in [0.15, 0.2) is 5.65 Å². The monoisotopic (exact) mass is 400 g/mol. The fraction of sp³-hybridized carbons (Fsp3) is 0.0952. The maximum absolute atomic E-state index is 12.9. The molecule has 0 saturated heterocycles. The van der Waals surface area contributed by atoms with E-state index < -0.39 is 0 Å². The minimum atomic E-state index is -0.233. The second-order valence-electron chi connectivity index (χ2n) is 6.55. The molecule has 0 bridgehead atoms. The second-order valence-corrected chi connectivity index (χ2v) is 6.55. The molecule has 0 unspecified atom stereocenters. The molecule has 0 saturated carbocycles. The van der Waals surface area contributed by atoms with Crippen LogP contribution in [0.4, 0.5) is 0 Å². The molecule has 0 spiro atoms. The van der Waals surface area contributed by atoms with Crippen molar-refractivity contribution in [3.05, 3.63) is 83.4 Å². The molecule has 5 rings (SSSR count). The van der Waals surface area contributed by atoms with Crippen molar-refractivity contribution < 1.29 is 9.26 Å². The molecule has 0 radical (unpaired) electrons. The number of nitrogens with zero attached hydrogens (tertiary/aromatic N) is 6. The van der Waals surface area contributed by atoms with Crippen molar-refractivity contribution >= 4 is 11.0 Å². The Morgan fingerprint density at radius 3 is 2.80 bits per heavy atom. The van der Waals surface area contributed by atoms with Crippen molar-refractivity contribution in [2.24, 2.45) is 0 Å². The zero-order valence-electron chi connectivity index (χ0n) is 16.0. The predicted octanol–water partition coefficient (Wildman–Crippen LogP) is 2.69. The Hall–Kier alpha value is -4.27. The number of ether oxygens (including phenoxy) is 1. The zero-order valence-corrected chi connectivity index (χ0v) is 16.0. The van der Waals surface area contributed by atoms with Crippen LogP contribution in [0.3, 0.4) is 0 Å². The average Bonchev–Trinajstić information content (AvgIpc) is 3.44. The molecule has 30 heavy (non-hydrogen) atoms. The van der Waals surface area contributed by atoms with Gasteiger partial charge >= 0.3 is 0 Å². The summed E-state index contributed by atoms with van der Waals surface area (Å²) in [6.07, 6.45) is 2.98. The van der Waals surface area contributed by atoms with Crippen molar-refractivity contribution in [3.8, 4) is 22.8 Å². The number of aromatic nitrogens is 6. The smallest absolute Gasteiger partial charge is 0.264 e. The first-order valence-corrected chi connectivity index (χ1v) is 9.18. The first-order chi connectivity index (χ1) is 14.7. The number of hydrogen-bond acceptors (Lipinski definition) is 7. The van der Waals surface area contributed by atoms with Gasteiger partial charge in [-0.2, -0.15) is 10.1 Å². The van der Waals surface area contributed by atoms with E-state index in [1.165, 1.54) is 17.1 Å². The number of para-hydroxylation sites is 1. The van der Waals surface area contributed by atoms with Gasteiger partial charge in [-0.25, -0.2) is 9.67 Å². The molecule has 0 N–H and O–H groups in total. The fourth-order valence-electron chi connectivity index (χ4n) is 3.16. The number of rotatable bonds is 5. The Kier molecular flexibility index (Phi) is 4.32. The number of fused-ring (bicyclic) bond motifs is 1. The van der Waals surface area contributed by atoms with Crippen molar-refractivity contribution in [2.45, 2.75) is 6.54 Å². The minimum Gasteiger partial charge on any atom is -0.497 e. The van der Waals surface area contributed by atoms with Crippen LogP contribution in [0.1, 0.15) is 5.89 Å². The van der Waals surface area contributed by atoms with Gasteiger partial charge in [-0.3, -0.25) is 9.36 Å². The van der Waals surface area contributed by atoms with Crippen molar-refractivity contribution in [1.29, 1.82) is 0 Å². The maximum atomic E-state index is 12.9. The highest BCUT2D eigenvalue weighted by Crippen LogP contribution is 2.21. The molecule has 0 aliphatic heterocycles. The molecule has 0 fully saturated rings. The standard InChI is InChI=1S/C21H16N6O3/c1-29-16-9-5-6-14(10-16)19-24-18(30-25-19)12-26-13-22-20-17(21(26)28)11-23-27(20)15-7-3-2-4-8-15/h2-11,13H,12H2,1H3. The van der Waals surface area contributed by atoms with Crippen LogP contribution < -0.4 is 10.3 Å². The Morgan fingerprint density at radius 2 is 1.97 bits per heavy atom. The summed E-state index contributed by atoms with van der Waals surface area (Å²) < 4.78 is 13.6. The maximum Gasteiger partial charge on any atom is 0.264 e. The van der Waals surface area contributed by atoms with E-state index in [1.807, 2.05) is 54.6 Å². The summed E-state index contributed by atoms with van der Waals surface area (Å²) >= 11 is 0. The molecule has 2 aromatic carbocycles. The lowest BCUT2D eigenvalue weighted by Crippen LogP contribution is -2.21. The van der Waals surface area contributed by atoms with E-state index in [-0.39, 0.29) is 12.1 Å². The average molecular weight is 400 g/mol. The summed E-state index contributed by atoms with van der Waals surface area (Å²) in [4.78, 5) is 21.7. The SMILES string of the molecule is COc1cccc(-c2noc(Cn3cnc4c(cnn4-c4ccccc4)c3=O)n2)c1. The molecule has 0 aliphatic carbocycles. The van der Waals surface area contributed by atoms with Crippen LogP contribution in [0.25, 0.3) is 28.1 Å². The lowest BCUT2D eigenvalue weighted by atomic mass is 10.2. The van der Waals surface area contributed by atoms with Crippen LogP contribution in [0.2, 0.25) is 0 Å². The van der Waals surface area contributed by atoms with Crippen LogP contribution >= 0.6 is 0 Å². The van der Waals surface area contributed by atoms with Gasteiger partial charge in [0.05, 0.1) is 19.0 Å². The van der Waals surface area contributed by atoms with Crippen LogP contribution in [0.5, 0.6) is 5.75 Å². The number of hydrogen-bond donors (Lipinski definition) is 0. The third-order valence-corrected chi connectivity index (χ3v) is 4.66. The van der Waals surface area contributed by atoms with Gasteiger partial charge in [0.1, 0.15) is 24.0 Å². The molecule has 9 nitrogen and oxygen atoms in total. The lowest BCUT2D eigenvalue weighted by Gasteiger charge is -2.04. The molecule has 5 aromatic rings. The normalized spacial score (nSPS) is 11.1. The van der Waals surface area contributed by atoms with Gasteiger partial charge in [0.2, 0.25) is 11.7 Å². The Labute approximate surface area is 170 Å². The molecule has 3 aromatic heterocycles. The summed E-state index contributed by atoms with van der Waals surface area (Å²) in [7, 11) is 1.59. The first-order valence-electron chi connectivity index (χ1n) is 9.18. The summed E-state index contributed by atoms with van der Waals surface area (Å²) in [5.41, 5.74) is 1.85. The molecule has 9 heteroatoms. The van der Waals surface area contributed by atoms with Gasteiger partial charge in [-0.15, -0.1) is 0 Å². The van der Waals surface area contributed by atoms with Gasteiger partial charge in [-0.1, -0.05) is 35.5 Å². The summed E-state index contributed by atoms with van der Waals surface area (Å²) in [5.74, 6) is 1.41. The molecule has 3 heterocycles. The van der Waals surface area contributed by atoms with E-state index >= 15 is 0 Å². The molecular weight excluding hydrogens is 384 g/mol. The molecule has 0 aliphatic rings. The van der Waals surface area contributed by atoms with Gasteiger partial charge in [0, 0.05) is 5.56 Å². The highest BCUT2D eigenvalue weighted by molar-refractivity contribution is 5.74. The van der Waals surface area contributed by atoms with Gasteiger partial charge in [0.25, 0.3) is 5.56 Å². The van der Waals surface area contributed by atoms with Crippen molar-refractivity contribution in [1.82, 2.24) is 29.5 Å². The zero-order chi connectivity index (χ0) is 20.5. The third kappa shape index (κ3) is 3.12. The van der Waals surface area contributed by atoms with Crippen LogP contribution in [-0.4, -0.2) is 36.6 Å². The van der Waals surface area contributed by atoms with Crippen LogP contribution in [0.15, 0.2) is 76.4 Å². The summed E-state index contributed by atoms with van der Waals surface area (Å²) in [6, 6.07) is 16.9. The fourth-order valence-corrected chi connectivity index (χ4v) is 3.16. The molecule has 0 atom stereocenters. The Morgan fingerprint density at radius 1 is 1.10 bits per heavy atom. The van der Waals surface area contributed by atoms with Gasteiger partial charge in [-0.05, 0) is 24.3 Å². The topological polar surface area (TPSA) is 101 Å². The first kappa shape index (κ1) is 17.8.